The standard InChI is InChI=1S/C9H20N2O2/c1-7-3-8(4-11(7)2)10-9(5-12)6-13/h7-10,12-13H,3-6H2,1-2H3. The van der Waals surface area contributed by atoms with Gasteiger partial charge in [-0.2, -0.15) is 0 Å². The first-order valence-corrected chi connectivity index (χ1v) is 4.85. The van der Waals surface area contributed by atoms with E-state index in [1.807, 2.05) is 0 Å². The number of nitrogens with one attached hydrogen (secondary N) is 1. The van der Waals surface area contributed by atoms with Gasteiger partial charge in [-0.3, -0.25) is 0 Å². The molecule has 1 heterocycles. The smallest absolute Gasteiger partial charge is 0.0607 e. The quantitative estimate of drug-likeness (QED) is 0.531. The van der Waals surface area contributed by atoms with Crippen molar-refractivity contribution < 1.29 is 10.2 Å². The van der Waals surface area contributed by atoms with Crippen LogP contribution in [0.2, 0.25) is 0 Å². The van der Waals surface area contributed by atoms with Gasteiger partial charge in [0.05, 0.1) is 19.3 Å². The second kappa shape index (κ2) is 4.91. The van der Waals surface area contributed by atoms with E-state index in [1.165, 1.54) is 0 Å². The van der Waals surface area contributed by atoms with E-state index in [0.717, 1.165) is 13.0 Å². The predicted octanol–water partition coefficient (Wildman–Crippen LogP) is -0.978. The topological polar surface area (TPSA) is 55.7 Å². The third-order valence-corrected chi connectivity index (χ3v) is 2.80. The molecule has 0 saturated carbocycles. The lowest BCUT2D eigenvalue weighted by Crippen LogP contribution is -2.43. The van der Waals surface area contributed by atoms with Crippen molar-refractivity contribution in [2.75, 3.05) is 26.8 Å². The minimum absolute atomic E-state index is 0.00505. The average molecular weight is 188 g/mol. The van der Waals surface area contributed by atoms with Crippen molar-refractivity contribution in [3.05, 3.63) is 0 Å². The molecule has 2 unspecified atom stereocenters. The van der Waals surface area contributed by atoms with Gasteiger partial charge in [0.15, 0.2) is 0 Å². The molecule has 1 aliphatic heterocycles. The summed E-state index contributed by atoms with van der Waals surface area (Å²) in [7, 11) is 2.10. The van der Waals surface area contributed by atoms with E-state index < -0.39 is 0 Å². The molecular formula is C9H20N2O2. The Morgan fingerprint density at radius 3 is 2.46 bits per heavy atom. The summed E-state index contributed by atoms with van der Waals surface area (Å²) in [5, 5.41) is 21.0. The second-order valence-corrected chi connectivity index (χ2v) is 3.95. The van der Waals surface area contributed by atoms with Gasteiger partial charge >= 0.3 is 0 Å². The van der Waals surface area contributed by atoms with Crippen LogP contribution in [0, 0.1) is 0 Å². The van der Waals surface area contributed by atoms with Crippen LogP contribution in [0.1, 0.15) is 13.3 Å². The third kappa shape index (κ3) is 2.91. The van der Waals surface area contributed by atoms with Crippen LogP contribution >= 0.6 is 0 Å². The minimum Gasteiger partial charge on any atom is -0.395 e. The van der Waals surface area contributed by atoms with E-state index >= 15 is 0 Å². The molecule has 0 radical (unpaired) electrons. The molecule has 3 N–H and O–H groups in total. The molecule has 78 valence electrons. The first-order valence-electron chi connectivity index (χ1n) is 4.85. The summed E-state index contributed by atoms with van der Waals surface area (Å²) in [6.45, 7) is 3.20. The Labute approximate surface area is 79.6 Å². The highest BCUT2D eigenvalue weighted by Gasteiger charge is 2.27. The summed E-state index contributed by atoms with van der Waals surface area (Å²) in [5.74, 6) is 0. The zero-order chi connectivity index (χ0) is 9.84. The zero-order valence-electron chi connectivity index (χ0n) is 8.40. The van der Waals surface area contributed by atoms with Crippen molar-refractivity contribution in [2.24, 2.45) is 0 Å². The largest absolute Gasteiger partial charge is 0.395 e. The summed E-state index contributed by atoms with van der Waals surface area (Å²) in [6, 6.07) is 0.837. The Kier molecular flexibility index (Phi) is 4.12. The summed E-state index contributed by atoms with van der Waals surface area (Å²) in [5.41, 5.74) is 0. The molecule has 4 heteroatoms. The number of likely N-dealkylation sites (tertiary alicyclic amines) is 1. The molecule has 4 nitrogen and oxygen atoms in total. The van der Waals surface area contributed by atoms with E-state index in [2.05, 4.69) is 24.2 Å². The van der Waals surface area contributed by atoms with Crippen molar-refractivity contribution in [1.29, 1.82) is 0 Å². The predicted molar refractivity (Wildman–Crippen MR) is 51.6 cm³/mol. The molecule has 0 aromatic heterocycles. The fraction of sp³-hybridized carbons (Fsp3) is 1.00. The van der Waals surface area contributed by atoms with Crippen LogP contribution in [0.4, 0.5) is 0 Å². The lowest BCUT2D eigenvalue weighted by molar-refractivity contribution is 0.162. The molecule has 0 spiro atoms. The molecule has 0 aromatic rings. The molecule has 1 fully saturated rings. The maximum atomic E-state index is 8.88. The highest BCUT2D eigenvalue weighted by Crippen LogP contribution is 2.14. The summed E-state index contributed by atoms with van der Waals surface area (Å²) in [6.07, 6.45) is 1.09. The fourth-order valence-electron chi connectivity index (χ4n) is 1.81. The lowest BCUT2D eigenvalue weighted by atomic mass is 10.1. The van der Waals surface area contributed by atoms with Crippen molar-refractivity contribution in [2.45, 2.75) is 31.5 Å². The van der Waals surface area contributed by atoms with Crippen molar-refractivity contribution in [1.82, 2.24) is 10.2 Å². The van der Waals surface area contributed by atoms with E-state index in [0.29, 0.717) is 12.1 Å². The number of hydrogen-bond donors (Lipinski definition) is 3. The van der Waals surface area contributed by atoms with Crippen LogP contribution in [0.25, 0.3) is 0 Å². The Balaban J connectivity index is 2.30. The van der Waals surface area contributed by atoms with Gasteiger partial charge < -0.3 is 20.4 Å². The number of hydrogen-bond acceptors (Lipinski definition) is 4. The summed E-state index contributed by atoms with van der Waals surface area (Å²) < 4.78 is 0. The highest BCUT2D eigenvalue weighted by molar-refractivity contribution is 4.86. The number of nitrogens with zero attached hydrogens (tertiary/aromatic N) is 1. The second-order valence-electron chi connectivity index (χ2n) is 3.95. The molecule has 1 saturated heterocycles. The number of likely N-dealkylation sites (N-methyl/N-ethyl adjacent to an activating group) is 1. The van der Waals surface area contributed by atoms with Gasteiger partial charge in [0.2, 0.25) is 0 Å². The Morgan fingerprint density at radius 2 is 2.08 bits per heavy atom. The van der Waals surface area contributed by atoms with E-state index in [9.17, 15) is 0 Å². The molecule has 0 bridgehead atoms. The normalized spacial score (nSPS) is 30.2. The van der Waals surface area contributed by atoms with Crippen molar-refractivity contribution in [3.63, 3.8) is 0 Å². The molecule has 0 aromatic carbocycles. The van der Waals surface area contributed by atoms with Crippen LogP contribution in [0.5, 0.6) is 0 Å². The average Bonchev–Trinajstić information content (AvgIpc) is 2.42. The molecular weight excluding hydrogens is 168 g/mol. The monoisotopic (exact) mass is 188 g/mol. The highest BCUT2D eigenvalue weighted by atomic mass is 16.3. The van der Waals surface area contributed by atoms with Gasteiger partial charge in [-0.1, -0.05) is 0 Å². The summed E-state index contributed by atoms with van der Waals surface area (Å²) in [4.78, 5) is 2.28. The van der Waals surface area contributed by atoms with Crippen LogP contribution in [0.15, 0.2) is 0 Å². The third-order valence-electron chi connectivity index (χ3n) is 2.80. The van der Waals surface area contributed by atoms with Gasteiger partial charge in [-0.25, -0.2) is 0 Å². The first kappa shape index (κ1) is 10.9. The molecule has 1 rings (SSSR count). The molecule has 2 atom stereocenters. The maximum Gasteiger partial charge on any atom is 0.0607 e. The van der Waals surface area contributed by atoms with E-state index in [-0.39, 0.29) is 19.3 Å². The fourth-order valence-corrected chi connectivity index (χ4v) is 1.81. The molecule has 0 amide bonds. The van der Waals surface area contributed by atoms with Gasteiger partial charge in [0.1, 0.15) is 0 Å². The van der Waals surface area contributed by atoms with E-state index in [4.69, 9.17) is 10.2 Å². The van der Waals surface area contributed by atoms with Gasteiger partial charge in [0, 0.05) is 18.6 Å². The number of aliphatic hydroxyl groups excluding tert-OH is 2. The molecule has 13 heavy (non-hydrogen) atoms. The van der Waals surface area contributed by atoms with Crippen LogP contribution in [-0.2, 0) is 0 Å². The summed E-state index contributed by atoms with van der Waals surface area (Å²) >= 11 is 0. The SMILES string of the molecule is CC1CC(NC(CO)CO)CN1C. The van der Waals surface area contributed by atoms with Crippen LogP contribution < -0.4 is 5.32 Å². The molecule has 0 aliphatic carbocycles. The first-order chi connectivity index (χ1) is 6.17. The number of aliphatic hydroxyl groups is 2. The van der Waals surface area contributed by atoms with Gasteiger partial charge in [-0.05, 0) is 20.4 Å². The van der Waals surface area contributed by atoms with Gasteiger partial charge in [-0.15, -0.1) is 0 Å². The zero-order valence-corrected chi connectivity index (χ0v) is 8.40. The van der Waals surface area contributed by atoms with Crippen molar-refractivity contribution >= 4 is 0 Å². The minimum atomic E-state index is -0.163. The maximum absolute atomic E-state index is 8.88. The Hall–Kier alpha value is -0.160. The lowest BCUT2D eigenvalue weighted by Gasteiger charge is -2.18. The Bertz CT molecular complexity index is 141. The van der Waals surface area contributed by atoms with Gasteiger partial charge in [0.25, 0.3) is 0 Å². The molecule has 1 aliphatic rings. The van der Waals surface area contributed by atoms with Crippen molar-refractivity contribution in [3.8, 4) is 0 Å². The Morgan fingerprint density at radius 1 is 1.46 bits per heavy atom. The number of rotatable bonds is 4. The van der Waals surface area contributed by atoms with Crippen LogP contribution in [0.3, 0.4) is 0 Å². The van der Waals surface area contributed by atoms with Crippen LogP contribution in [-0.4, -0.2) is 60.0 Å². The van der Waals surface area contributed by atoms with E-state index in [1.54, 1.807) is 0 Å².